The molecular weight excluding hydrogens is 226 g/mol. The van der Waals surface area contributed by atoms with E-state index in [1.165, 1.54) is 0 Å². The summed E-state index contributed by atoms with van der Waals surface area (Å²) in [4.78, 5) is 11.6. The number of hydrogen-bond acceptors (Lipinski definition) is 2. The van der Waals surface area contributed by atoms with E-state index >= 15 is 0 Å². The molecule has 0 aliphatic carbocycles. The molecule has 3 nitrogen and oxygen atoms in total. The van der Waals surface area contributed by atoms with Gasteiger partial charge in [0.05, 0.1) is 5.41 Å². The maximum atomic E-state index is 11.6. The van der Waals surface area contributed by atoms with E-state index in [2.05, 4.69) is 0 Å². The molecular formula is C15H23NO2. The minimum Gasteiger partial charge on any atom is -0.481 e. The van der Waals surface area contributed by atoms with Crippen molar-refractivity contribution >= 4 is 5.97 Å². The summed E-state index contributed by atoms with van der Waals surface area (Å²) in [5, 5.41) is 9.52. The second kappa shape index (κ2) is 6.01. The fourth-order valence-corrected chi connectivity index (χ4v) is 2.48. The summed E-state index contributed by atoms with van der Waals surface area (Å²) in [6, 6.07) is 6.05. The van der Waals surface area contributed by atoms with Crippen molar-refractivity contribution in [3.63, 3.8) is 0 Å². The predicted molar refractivity (Wildman–Crippen MR) is 73.7 cm³/mol. The Morgan fingerprint density at radius 1 is 1.33 bits per heavy atom. The van der Waals surface area contributed by atoms with Crippen LogP contribution in [0, 0.1) is 19.3 Å². The van der Waals surface area contributed by atoms with Crippen LogP contribution in [0.3, 0.4) is 0 Å². The Balaban J connectivity index is 3.14. The molecule has 0 aromatic heterocycles. The van der Waals surface area contributed by atoms with Gasteiger partial charge in [0.2, 0.25) is 0 Å². The zero-order valence-corrected chi connectivity index (χ0v) is 11.5. The number of carbonyl (C=O) groups is 1. The molecule has 0 heterocycles. The summed E-state index contributed by atoms with van der Waals surface area (Å²) in [7, 11) is 0. The Morgan fingerprint density at radius 2 is 1.89 bits per heavy atom. The molecule has 0 fully saturated rings. The van der Waals surface area contributed by atoms with Gasteiger partial charge < -0.3 is 10.8 Å². The van der Waals surface area contributed by atoms with E-state index in [0.717, 1.165) is 23.1 Å². The van der Waals surface area contributed by atoms with Gasteiger partial charge in [-0.25, -0.2) is 0 Å². The number of carboxylic acids is 1. The zero-order valence-electron chi connectivity index (χ0n) is 11.5. The van der Waals surface area contributed by atoms with E-state index in [1.54, 1.807) is 0 Å². The van der Waals surface area contributed by atoms with Crippen molar-refractivity contribution < 1.29 is 9.90 Å². The predicted octanol–water partition coefficient (Wildman–Crippen LogP) is 2.68. The number of aryl methyl sites for hydroxylation is 2. The van der Waals surface area contributed by atoms with Crippen LogP contribution in [0.1, 0.15) is 36.5 Å². The van der Waals surface area contributed by atoms with Crippen LogP contribution in [0.15, 0.2) is 18.2 Å². The Morgan fingerprint density at radius 3 is 2.28 bits per heavy atom. The van der Waals surface area contributed by atoms with E-state index in [-0.39, 0.29) is 6.54 Å². The van der Waals surface area contributed by atoms with E-state index in [4.69, 9.17) is 5.73 Å². The summed E-state index contributed by atoms with van der Waals surface area (Å²) in [5.41, 5.74) is 8.35. The number of rotatable bonds is 6. The van der Waals surface area contributed by atoms with Crippen LogP contribution >= 0.6 is 0 Å². The molecule has 0 saturated heterocycles. The average Bonchev–Trinajstić information content (AvgIpc) is 2.32. The standard InChI is InChI=1S/C15H23NO2/c1-4-8-15(10-16,14(17)18)9-13-11(2)6-5-7-12(13)3/h5-7H,4,8-10,16H2,1-3H3,(H,17,18). The van der Waals surface area contributed by atoms with Crippen molar-refractivity contribution in [2.24, 2.45) is 11.1 Å². The zero-order chi connectivity index (χ0) is 13.8. The van der Waals surface area contributed by atoms with Gasteiger partial charge in [0.1, 0.15) is 0 Å². The molecule has 0 saturated carbocycles. The van der Waals surface area contributed by atoms with Crippen molar-refractivity contribution in [2.45, 2.75) is 40.0 Å². The molecule has 1 rings (SSSR count). The second-order valence-corrected chi connectivity index (χ2v) is 5.09. The van der Waals surface area contributed by atoms with E-state index < -0.39 is 11.4 Å². The first kappa shape index (κ1) is 14.7. The first-order chi connectivity index (χ1) is 8.46. The minimum absolute atomic E-state index is 0.184. The summed E-state index contributed by atoms with van der Waals surface area (Å²) in [6.07, 6.45) is 1.96. The molecule has 1 atom stereocenters. The highest BCUT2D eigenvalue weighted by Crippen LogP contribution is 2.30. The number of benzene rings is 1. The van der Waals surface area contributed by atoms with Crippen molar-refractivity contribution in [3.05, 3.63) is 34.9 Å². The molecule has 1 aromatic carbocycles. The number of aliphatic carboxylic acids is 1. The maximum Gasteiger partial charge on any atom is 0.311 e. The van der Waals surface area contributed by atoms with Gasteiger partial charge in [0, 0.05) is 6.54 Å². The van der Waals surface area contributed by atoms with Crippen molar-refractivity contribution in [1.29, 1.82) is 0 Å². The number of carboxylic acid groups (broad SMARTS) is 1. The molecule has 0 amide bonds. The van der Waals surface area contributed by atoms with Gasteiger partial charge in [0.15, 0.2) is 0 Å². The van der Waals surface area contributed by atoms with Crippen LogP contribution in [0.2, 0.25) is 0 Å². The van der Waals surface area contributed by atoms with Crippen LogP contribution in [0.5, 0.6) is 0 Å². The molecule has 0 aliphatic heterocycles. The van der Waals surface area contributed by atoms with Crippen LogP contribution in [0.25, 0.3) is 0 Å². The second-order valence-electron chi connectivity index (χ2n) is 5.09. The first-order valence-electron chi connectivity index (χ1n) is 6.45. The lowest BCUT2D eigenvalue weighted by molar-refractivity contribution is -0.148. The van der Waals surface area contributed by atoms with Gasteiger partial charge in [0.25, 0.3) is 0 Å². The smallest absolute Gasteiger partial charge is 0.311 e. The molecule has 100 valence electrons. The van der Waals surface area contributed by atoms with Crippen LogP contribution in [-0.2, 0) is 11.2 Å². The Kier molecular flexibility index (Phi) is 4.91. The van der Waals surface area contributed by atoms with Gasteiger partial charge in [-0.2, -0.15) is 0 Å². The van der Waals surface area contributed by atoms with E-state index in [0.29, 0.717) is 12.8 Å². The lowest BCUT2D eigenvalue weighted by atomic mass is 9.76. The van der Waals surface area contributed by atoms with E-state index in [1.807, 2.05) is 39.0 Å². The summed E-state index contributed by atoms with van der Waals surface area (Å²) in [5.74, 6) is -0.783. The lowest BCUT2D eigenvalue weighted by Crippen LogP contribution is -2.41. The van der Waals surface area contributed by atoms with Crippen molar-refractivity contribution in [3.8, 4) is 0 Å². The molecule has 1 unspecified atom stereocenters. The Hall–Kier alpha value is -1.35. The van der Waals surface area contributed by atoms with Gasteiger partial charge in [-0.1, -0.05) is 31.5 Å². The molecule has 0 radical (unpaired) electrons. The normalized spacial score (nSPS) is 14.2. The highest BCUT2D eigenvalue weighted by molar-refractivity contribution is 5.75. The minimum atomic E-state index is -0.828. The highest BCUT2D eigenvalue weighted by Gasteiger charge is 2.37. The quantitative estimate of drug-likeness (QED) is 0.814. The lowest BCUT2D eigenvalue weighted by Gasteiger charge is -2.29. The van der Waals surface area contributed by atoms with Gasteiger partial charge in [-0.3, -0.25) is 4.79 Å². The van der Waals surface area contributed by atoms with Gasteiger partial charge in [-0.05, 0) is 43.4 Å². The first-order valence-corrected chi connectivity index (χ1v) is 6.45. The fourth-order valence-electron chi connectivity index (χ4n) is 2.48. The van der Waals surface area contributed by atoms with Crippen LogP contribution in [-0.4, -0.2) is 17.6 Å². The SMILES string of the molecule is CCCC(CN)(Cc1c(C)cccc1C)C(=O)O. The third kappa shape index (κ3) is 2.91. The van der Waals surface area contributed by atoms with E-state index in [9.17, 15) is 9.90 Å². The molecule has 3 heteroatoms. The highest BCUT2D eigenvalue weighted by atomic mass is 16.4. The van der Waals surface area contributed by atoms with Gasteiger partial charge in [-0.15, -0.1) is 0 Å². The summed E-state index contributed by atoms with van der Waals surface area (Å²) < 4.78 is 0. The Labute approximate surface area is 109 Å². The molecule has 0 bridgehead atoms. The third-order valence-electron chi connectivity index (χ3n) is 3.73. The molecule has 1 aromatic rings. The van der Waals surface area contributed by atoms with Crippen molar-refractivity contribution in [1.82, 2.24) is 0 Å². The molecule has 0 spiro atoms. The van der Waals surface area contributed by atoms with Crippen molar-refractivity contribution in [2.75, 3.05) is 6.54 Å². The maximum absolute atomic E-state index is 11.6. The molecule has 3 N–H and O–H groups in total. The van der Waals surface area contributed by atoms with Crippen LogP contribution < -0.4 is 5.73 Å². The summed E-state index contributed by atoms with van der Waals surface area (Å²) >= 11 is 0. The monoisotopic (exact) mass is 249 g/mol. The largest absolute Gasteiger partial charge is 0.481 e. The topological polar surface area (TPSA) is 63.3 Å². The average molecular weight is 249 g/mol. The van der Waals surface area contributed by atoms with Gasteiger partial charge >= 0.3 is 5.97 Å². The summed E-state index contributed by atoms with van der Waals surface area (Å²) in [6.45, 7) is 6.23. The number of hydrogen-bond donors (Lipinski definition) is 2. The fraction of sp³-hybridized carbons (Fsp3) is 0.533. The number of nitrogens with two attached hydrogens (primary N) is 1. The molecule has 0 aliphatic rings. The Bertz CT molecular complexity index is 408. The third-order valence-corrected chi connectivity index (χ3v) is 3.73. The molecule has 18 heavy (non-hydrogen) atoms. The van der Waals surface area contributed by atoms with Crippen LogP contribution in [0.4, 0.5) is 0 Å².